The molecule has 19 heavy (non-hydrogen) atoms. The zero-order chi connectivity index (χ0) is 14.0. The summed E-state index contributed by atoms with van der Waals surface area (Å²) in [5.74, 6) is 1.10. The summed E-state index contributed by atoms with van der Waals surface area (Å²) in [5.41, 5.74) is 6.54. The second kappa shape index (κ2) is 6.21. The van der Waals surface area contributed by atoms with E-state index in [-0.39, 0.29) is 11.9 Å². The molecule has 2 unspecified atom stereocenters. The number of likely N-dealkylation sites (tertiary alicyclic amines) is 1. The van der Waals surface area contributed by atoms with Gasteiger partial charge in [-0.3, -0.25) is 4.90 Å². The largest absolute Gasteiger partial charge is 0.329 e. The highest BCUT2D eigenvalue weighted by Crippen LogP contribution is 2.32. The van der Waals surface area contributed by atoms with E-state index < -0.39 is 0 Å². The minimum atomic E-state index is -0.254. The molecule has 2 nitrogen and oxygen atoms in total. The molecule has 0 aromatic heterocycles. The van der Waals surface area contributed by atoms with Crippen LogP contribution in [0.5, 0.6) is 0 Å². The highest BCUT2D eigenvalue weighted by molar-refractivity contribution is 6.30. The third-order valence-corrected chi connectivity index (χ3v) is 4.42. The predicted molar refractivity (Wildman–Crippen MR) is 77.7 cm³/mol. The lowest BCUT2D eigenvalue weighted by atomic mass is 9.95. The van der Waals surface area contributed by atoms with Crippen molar-refractivity contribution in [3.05, 3.63) is 34.6 Å². The third kappa shape index (κ3) is 3.28. The molecule has 0 radical (unpaired) electrons. The van der Waals surface area contributed by atoms with Gasteiger partial charge in [-0.25, -0.2) is 4.39 Å². The minimum Gasteiger partial charge on any atom is -0.329 e. The second-order valence-corrected chi connectivity index (χ2v) is 6.14. The molecule has 0 spiro atoms. The molecule has 0 bridgehead atoms. The lowest BCUT2D eigenvalue weighted by Crippen LogP contribution is -2.33. The average Bonchev–Trinajstić information content (AvgIpc) is 2.82. The maximum Gasteiger partial charge on any atom is 0.129 e. The van der Waals surface area contributed by atoms with Gasteiger partial charge in [0.25, 0.3) is 0 Å². The van der Waals surface area contributed by atoms with Gasteiger partial charge in [-0.15, -0.1) is 0 Å². The topological polar surface area (TPSA) is 29.3 Å². The Hall–Kier alpha value is -0.640. The average molecular weight is 285 g/mol. The van der Waals surface area contributed by atoms with Crippen LogP contribution in [-0.2, 0) is 0 Å². The van der Waals surface area contributed by atoms with Crippen LogP contribution in [0.15, 0.2) is 18.2 Å². The van der Waals surface area contributed by atoms with Gasteiger partial charge in [-0.2, -0.15) is 0 Å². The van der Waals surface area contributed by atoms with Crippen LogP contribution in [-0.4, -0.2) is 24.5 Å². The Morgan fingerprint density at radius 2 is 2.21 bits per heavy atom. The van der Waals surface area contributed by atoms with Crippen molar-refractivity contribution in [3.63, 3.8) is 0 Å². The van der Waals surface area contributed by atoms with E-state index in [1.54, 1.807) is 12.1 Å². The van der Waals surface area contributed by atoms with Crippen molar-refractivity contribution in [1.82, 2.24) is 4.90 Å². The summed E-state index contributed by atoms with van der Waals surface area (Å²) in [6.45, 7) is 6.92. The molecule has 1 aromatic rings. The number of benzene rings is 1. The summed E-state index contributed by atoms with van der Waals surface area (Å²) in [4.78, 5) is 2.30. The van der Waals surface area contributed by atoms with Gasteiger partial charge in [0, 0.05) is 29.7 Å². The van der Waals surface area contributed by atoms with Crippen LogP contribution in [0.3, 0.4) is 0 Å². The van der Waals surface area contributed by atoms with Crippen LogP contribution in [0.1, 0.15) is 31.9 Å². The quantitative estimate of drug-likeness (QED) is 0.917. The predicted octanol–water partition coefficient (Wildman–Crippen LogP) is 3.46. The van der Waals surface area contributed by atoms with Gasteiger partial charge in [0.05, 0.1) is 0 Å². The molecular formula is C15H22ClFN2. The number of hydrogen-bond acceptors (Lipinski definition) is 2. The van der Waals surface area contributed by atoms with Crippen LogP contribution in [0.25, 0.3) is 0 Å². The van der Waals surface area contributed by atoms with Crippen molar-refractivity contribution in [2.45, 2.75) is 26.3 Å². The van der Waals surface area contributed by atoms with E-state index in [9.17, 15) is 4.39 Å². The molecule has 0 amide bonds. The Bertz CT molecular complexity index is 436. The summed E-state index contributed by atoms with van der Waals surface area (Å²) in [6, 6.07) is 4.83. The van der Waals surface area contributed by atoms with Crippen LogP contribution < -0.4 is 5.73 Å². The van der Waals surface area contributed by atoms with E-state index in [0.717, 1.165) is 13.1 Å². The second-order valence-electron chi connectivity index (χ2n) is 5.71. The summed E-state index contributed by atoms with van der Waals surface area (Å²) in [7, 11) is 0. The first-order valence-corrected chi connectivity index (χ1v) is 7.29. The van der Waals surface area contributed by atoms with Gasteiger partial charge in [-0.1, -0.05) is 31.5 Å². The zero-order valence-corrected chi connectivity index (χ0v) is 12.3. The first-order chi connectivity index (χ1) is 9.02. The van der Waals surface area contributed by atoms with Crippen LogP contribution in [0.4, 0.5) is 4.39 Å². The molecule has 1 saturated heterocycles. The first kappa shape index (κ1) is 14.8. The minimum absolute atomic E-state index is 0.0407. The van der Waals surface area contributed by atoms with E-state index in [0.29, 0.717) is 29.0 Å². The van der Waals surface area contributed by atoms with E-state index in [1.165, 1.54) is 12.5 Å². The summed E-state index contributed by atoms with van der Waals surface area (Å²) < 4.78 is 14.0. The third-order valence-electron chi connectivity index (χ3n) is 4.18. The molecule has 1 aliphatic rings. The van der Waals surface area contributed by atoms with Crippen LogP contribution >= 0.6 is 11.6 Å². The number of hydrogen-bond donors (Lipinski definition) is 1. The fourth-order valence-electron chi connectivity index (χ4n) is 2.89. The fraction of sp³-hybridized carbons (Fsp3) is 0.600. The van der Waals surface area contributed by atoms with Gasteiger partial charge < -0.3 is 5.73 Å². The first-order valence-electron chi connectivity index (χ1n) is 6.92. The molecule has 1 fully saturated rings. The SMILES string of the molecule is CC(C)C1CCN(C(CN)c2ccc(Cl)cc2F)C1. The molecule has 1 aromatic carbocycles. The highest BCUT2D eigenvalue weighted by Gasteiger charge is 2.31. The number of nitrogens with two attached hydrogens (primary N) is 1. The molecule has 4 heteroatoms. The lowest BCUT2D eigenvalue weighted by Gasteiger charge is -2.28. The molecule has 2 atom stereocenters. The Morgan fingerprint density at radius 3 is 2.74 bits per heavy atom. The summed E-state index contributed by atoms with van der Waals surface area (Å²) in [5, 5.41) is 0.429. The molecule has 106 valence electrons. The van der Waals surface area contributed by atoms with Crippen LogP contribution in [0.2, 0.25) is 5.02 Å². The summed E-state index contributed by atoms with van der Waals surface area (Å²) in [6.07, 6.45) is 1.17. The van der Waals surface area contributed by atoms with Crippen molar-refractivity contribution in [2.24, 2.45) is 17.6 Å². The van der Waals surface area contributed by atoms with Crippen LogP contribution in [0, 0.1) is 17.7 Å². The van der Waals surface area contributed by atoms with Gasteiger partial charge >= 0.3 is 0 Å². The van der Waals surface area contributed by atoms with Crippen molar-refractivity contribution >= 4 is 11.6 Å². The Balaban J connectivity index is 2.16. The highest BCUT2D eigenvalue weighted by atomic mass is 35.5. The Kier molecular flexibility index (Phi) is 4.82. The molecule has 0 saturated carbocycles. The van der Waals surface area contributed by atoms with Gasteiger partial charge in [-0.05, 0) is 36.9 Å². The number of rotatable bonds is 4. The monoisotopic (exact) mass is 284 g/mol. The molecule has 2 N–H and O–H groups in total. The smallest absolute Gasteiger partial charge is 0.129 e. The maximum absolute atomic E-state index is 14.0. The van der Waals surface area contributed by atoms with Gasteiger partial charge in [0.15, 0.2) is 0 Å². The van der Waals surface area contributed by atoms with Crippen molar-refractivity contribution in [3.8, 4) is 0 Å². The molecule has 1 aliphatic heterocycles. The van der Waals surface area contributed by atoms with E-state index in [4.69, 9.17) is 17.3 Å². The molecule has 1 heterocycles. The maximum atomic E-state index is 14.0. The van der Waals surface area contributed by atoms with Gasteiger partial charge in [0.1, 0.15) is 5.82 Å². The normalized spacial score (nSPS) is 22.1. The molecule has 0 aliphatic carbocycles. The molecular weight excluding hydrogens is 263 g/mol. The Morgan fingerprint density at radius 1 is 1.47 bits per heavy atom. The van der Waals surface area contributed by atoms with Crippen molar-refractivity contribution in [1.29, 1.82) is 0 Å². The van der Waals surface area contributed by atoms with E-state index >= 15 is 0 Å². The number of halogens is 2. The van der Waals surface area contributed by atoms with Crippen molar-refractivity contribution < 1.29 is 4.39 Å². The van der Waals surface area contributed by atoms with E-state index in [2.05, 4.69) is 18.7 Å². The summed E-state index contributed by atoms with van der Waals surface area (Å²) >= 11 is 5.80. The molecule has 2 rings (SSSR count). The van der Waals surface area contributed by atoms with Gasteiger partial charge in [0.2, 0.25) is 0 Å². The standard InChI is InChI=1S/C15H22ClFN2/c1-10(2)11-5-6-19(9-11)15(8-18)13-4-3-12(16)7-14(13)17/h3-4,7,10-11,15H,5-6,8-9,18H2,1-2H3. The van der Waals surface area contributed by atoms with E-state index in [1.807, 2.05) is 0 Å². The zero-order valence-electron chi connectivity index (χ0n) is 11.6. The lowest BCUT2D eigenvalue weighted by molar-refractivity contribution is 0.227. The Labute approximate surface area is 119 Å². The number of nitrogens with zero attached hydrogens (tertiary/aromatic N) is 1. The van der Waals surface area contributed by atoms with Crippen molar-refractivity contribution in [2.75, 3.05) is 19.6 Å². The fourth-order valence-corrected chi connectivity index (χ4v) is 3.05.